The summed E-state index contributed by atoms with van der Waals surface area (Å²) in [5.74, 6) is -1.26. The van der Waals surface area contributed by atoms with E-state index in [1.165, 1.54) is 24.3 Å². The summed E-state index contributed by atoms with van der Waals surface area (Å²) in [6.07, 6.45) is 0. The van der Waals surface area contributed by atoms with Gasteiger partial charge in [0.05, 0.1) is 0 Å². The molecule has 1 unspecified atom stereocenters. The second-order valence-electron chi connectivity index (χ2n) is 2.79. The summed E-state index contributed by atoms with van der Waals surface area (Å²) in [4.78, 5) is 10.1. The van der Waals surface area contributed by atoms with Gasteiger partial charge in [-0.2, -0.15) is 0 Å². The molecule has 0 heterocycles. The van der Waals surface area contributed by atoms with Crippen LogP contribution in [0.2, 0.25) is 0 Å². The Bertz CT molecular complexity index is 405. The van der Waals surface area contributed by atoms with E-state index in [0.717, 1.165) is 0 Å². The summed E-state index contributed by atoms with van der Waals surface area (Å²) < 4.78 is 30.0. The van der Waals surface area contributed by atoms with Crippen molar-refractivity contribution in [1.82, 2.24) is 0 Å². The van der Waals surface area contributed by atoms with E-state index in [1.807, 2.05) is 0 Å². The molecule has 82 valence electrons. The van der Waals surface area contributed by atoms with Crippen molar-refractivity contribution in [3.05, 3.63) is 24.3 Å². The van der Waals surface area contributed by atoms with Gasteiger partial charge in [0.25, 0.3) is 0 Å². The first kappa shape index (κ1) is 20.1. The molecule has 0 aliphatic heterocycles. The number of hydrogen-bond donors (Lipinski definition) is 2. The number of anilines is 1. The molecule has 0 spiro atoms. The molecule has 1 rings (SSSR count). The van der Waals surface area contributed by atoms with Crippen LogP contribution in [-0.4, -0.2) is 30.8 Å². The first-order valence-electron chi connectivity index (χ1n) is 3.98. The van der Waals surface area contributed by atoms with E-state index >= 15 is 0 Å². The van der Waals surface area contributed by atoms with E-state index in [2.05, 4.69) is 5.32 Å². The normalized spacial score (nSPS) is 12.6. The van der Waals surface area contributed by atoms with Gasteiger partial charge in [-0.15, -0.1) is 0 Å². The quantitative estimate of drug-likeness (QED) is 0.533. The molecule has 6 nitrogen and oxygen atoms in total. The van der Waals surface area contributed by atoms with Crippen molar-refractivity contribution < 1.29 is 80.9 Å². The second-order valence-corrected chi connectivity index (χ2v) is 6.06. The van der Waals surface area contributed by atoms with Gasteiger partial charge in [0, 0.05) is 0 Å². The van der Waals surface area contributed by atoms with Gasteiger partial charge in [0.15, 0.2) is 0 Å². The monoisotopic (exact) mass is 319 g/mol. The summed E-state index contributed by atoms with van der Waals surface area (Å²) in [7, 11) is 0. The number of nitrogens with one attached hydrogen (secondary N) is 1. The summed E-state index contributed by atoms with van der Waals surface area (Å²) in [5.41, 5.74) is 0.437. The van der Waals surface area contributed by atoms with Crippen LogP contribution in [-0.2, 0) is 8.53 Å². The molecule has 2 N–H and O–H groups in total. The molecule has 0 saturated heterocycles. The topological polar surface area (TPSA) is 113 Å². The third-order valence-corrected chi connectivity index (χ3v) is 3.63. The average molecular weight is 319 g/mol. The van der Waals surface area contributed by atoms with Crippen molar-refractivity contribution in [2.24, 2.45) is 0 Å². The summed E-state index contributed by atoms with van der Waals surface area (Å²) in [6.45, 7) is -0.363. The molecule has 0 bridgehead atoms. The van der Waals surface area contributed by atoms with Gasteiger partial charge in [-0.1, -0.05) is 0 Å². The summed E-state index contributed by atoms with van der Waals surface area (Å²) in [5, 5.41) is 12.6. The van der Waals surface area contributed by atoms with Gasteiger partial charge >= 0.3 is 147 Å². The number of carbonyl (C=O) groups excluding carboxylic acids is 1. The largest absolute Gasteiger partial charge is 1.00 e. The minimum absolute atomic E-state index is 0. The van der Waals surface area contributed by atoms with Gasteiger partial charge in [-0.05, 0) is 0 Å². The van der Waals surface area contributed by atoms with Crippen LogP contribution in [0.15, 0.2) is 24.3 Å². The molecule has 0 radical (unpaired) electrons. The van der Waals surface area contributed by atoms with Crippen LogP contribution in [0.1, 0.15) is 0 Å². The van der Waals surface area contributed by atoms with Crippen LogP contribution in [0.25, 0.3) is 0 Å². The predicted molar refractivity (Wildman–Crippen MR) is 48.2 cm³/mol. The van der Waals surface area contributed by atoms with E-state index in [0.29, 0.717) is 5.69 Å². The van der Waals surface area contributed by atoms with E-state index in [-0.39, 0.29) is 70.0 Å². The van der Waals surface area contributed by atoms with E-state index in [1.54, 1.807) is 0 Å². The average Bonchev–Trinajstić information content (AvgIpc) is 2.14. The van der Waals surface area contributed by atoms with Gasteiger partial charge < -0.3 is 0 Å². The van der Waals surface area contributed by atoms with Crippen LogP contribution in [0.4, 0.5) is 5.69 Å². The molecule has 0 aliphatic rings. The minimum Gasteiger partial charge on any atom is 1.00 e. The van der Waals surface area contributed by atoms with Gasteiger partial charge in [-0.3, -0.25) is 0 Å². The first-order valence-corrected chi connectivity index (χ1v) is 7.29. The molecule has 1 aromatic carbocycles. The standard InChI is InChI=1S/C8H10AsNO5.2Na/c11-8(12)5-10-7-3-1-6(2-4-7)9(13,14)15;;/h1-4,10H,5H2,(H,11,12)(H2,13,14,15);;/q;2*+1/p-2. The smallest absolute Gasteiger partial charge is 1.00 e. The number of hydrogen-bond acceptors (Lipinski definition) is 5. The third-order valence-electron chi connectivity index (χ3n) is 1.63. The SMILES string of the molecule is O=C([O-])CNc1ccc([As](=O)([O-])O)cc1.[Na+].[Na+]. The van der Waals surface area contributed by atoms with Crippen molar-refractivity contribution in [2.45, 2.75) is 0 Å². The van der Waals surface area contributed by atoms with Crippen molar-refractivity contribution in [1.29, 1.82) is 0 Å². The fourth-order valence-corrected chi connectivity index (χ4v) is 2.05. The van der Waals surface area contributed by atoms with E-state index in [9.17, 15) is 17.7 Å². The van der Waals surface area contributed by atoms with Crippen LogP contribution in [0, 0.1) is 0 Å². The Hall–Kier alpha value is 0.768. The fourth-order valence-electron chi connectivity index (χ4n) is 0.942. The van der Waals surface area contributed by atoms with Crippen molar-refractivity contribution in [2.75, 3.05) is 11.9 Å². The molecule has 1 aromatic rings. The molecule has 0 aliphatic carbocycles. The van der Waals surface area contributed by atoms with E-state index < -0.39 is 20.1 Å². The zero-order valence-corrected chi connectivity index (χ0v) is 15.4. The number of aliphatic carboxylic acids is 1. The summed E-state index contributed by atoms with van der Waals surface area (Å²) >= 11 is -5.08. The Morgan fingerprint density at radius 3 is 2.12 bits per heavy atom. The Labute approximate surface area is 145 Å². The number of carbonyl (C=O) groups is 1. The van der Waals surface area contributed by atoms with Crippen LogP contribution in [0.5, 0.6) is 0 Å². The van der Waals surface area contributed by atoms with Crippen LogP contribution in [0.3, 0.4) is 0 Å². The molecule has 9 heteroatoms. The van der Waals surface area contributed by atoms with E-state index in [4.69, 9.17) is 4.10 Å². The number of carboxylic acids is 1. The molecule has 1 atom stereocenters. The summed E-state index contributed by atoms with van der Waals surface area (Å²) in [6, 6.07) is 5.12. The van der Waals surface area contributed by atoms with Gasteiger partial charge in [-0.25, -0.2) is 0 Å². The Kier molecular flexibility index (Phi) is 10.4. The maximum Gasteiger partial charge on any atom is 1.00 e. The van der Waals surface area contributed by atoms with Crippen LogP contribution < -0.4 is 78.0 Å². The zero-order valence-electron chi connectivity index (χ0n) is 9.54. The maximum atomic E-state index is 10.7. The van der Waals surface area contributed by atoms with Crippen LogP contribution >= 0.6 is 0 Å². The molecular weight excluding hydrogens is 311 g/mol. The predicted octanol–water partition coefficient (Wildman–Crippen LogP) is -9.21. The Balaban J connectivity index is 0. The molecule has 0 amide bonds. The minimum atomic E-state index is -5.08. The molecule has 0 saturated carbocycles. The van der Waals surface area contributed by atoms with Crippen molar-refractivity contribution >= 4 is 30.2 Å². The third kappa shape index (κ3) is 7.72. The Morgan fingerprint density at radius 2 is 1.76 bits per heavy atom. The zero-order chi connectivity index (χ0) is 11.5. The Morgan fingerprint density at radius 1 is 1.29 bits per heavy atom. The molecular formula is C8H8AsNNa2O5. The number of benzene rings is 1. The molecule has 0 aromatic heterocycles. The van der Waals surface area contributed by atoms with Gasteiger partial charge in [0.2, 0.25) is 0 Å². The fraction of sp³-hybridized carbons (Fsp3) is 0.125. The first-order chi connectivity index (χ1) is 6.89. The maximum absolute atomic E-state index is 10.7. The molecule has 17 heavy (non-hydrogen) atoms. The van der Waals surface area contributed by atoms with Crippen molar-refractivity contribution in [3.8, 4) is 0 Å². The number of carboxylic acid groups (broad SMARTS) is 1. The van der Waals surface area contributed by atoms with Gasteiger partial charge in [0.1, 0.15) is 0 Å². The number of rotatable bonds is 4. The molecule has 0 fully saturated rings. The second kappa shape index (κ2) is 8.80. The van der Waals surface area contributed by atoms with Crippen molar-refractivity contribution in [3.63, 3.8) is 0 Å².